The Morgan fingerprint density at radius 3 is 2.54 bits per heavy atom. The second-order valence-electron chi connectivity index (χ2n) is 8.19. The summed E-state index contributed by atoms with van der Waals surface area (Å²) in [5, 5.41) is 4.35. The Morgan fingerprint density at radius 1 is 1.03 bits per heavy atom. The van der Waals surface area contributed by atoms with E-state index in [4.69, 9.17) is 33.7 Å². The Morgan fingerprint density at radius 2 is 1.84 bits per heavy atom. The predicted molar refractivity (Wildman–Crippen MR) is 147 cm³/mol. The fourth-order valence-corrected chi connectivity index (χ4v) is 4.87. The molecular formula is C27H24Cl2N4O3S. The fraction of sp³-hybridized carbons (Fsp3) is 0.185. The molecule has 1 atom stereocenters. The second kappa shape index (κ2) is 12.7. The van der Waals surface area contributed by atoms with E-state index in [9.17, 15) is 9.59 Å². The van der Waals surface area contributed by atoms with Crippen molar-refractivity contribution in [2.75, 3.05) is 6.61 Å². The zero-order valence-corrected chi connectivity index (χ0v) is 22.0. The van der Waals surface area contributed by atoms with Crippen LogP contribution in [-0.4, -0.2) is 34.4 Å². The van der Waals surface area contributed by atoms with Crippen LogP contribution in [0.5, 0.6) is 5.88 Å². The van der Waals surface area contributed by atoms with Gasteiger partial charge in [-0.25, -0.2) is 4.98 Å². The summed E-state index contributed by atoms with van der Waals surface area (Å²) in [6.45, 7) is 0.248. The normalized spacial score (nSPS) is 11.6. The van der Waals surface area contributed by atoms with Crippen molar-refractivity contribution in [2.45, 2.75) is 25.3 Å². The van der Waals surface area contributed by atoms with E-state index in [0.717, 1.165) is 26.6 Å². The maximum atomic E-state index is 12.5. The number of thiazole rings is 1. The van der Waals surface area contributed by atoms with E-state index in [1.807, 2.05) is 48.5 Å². The number of carbonyl (C=O) groups excluding carboxylic acids is 2. The molecule has 4 rings (SSSR count). The van der Waals surface area contributed by atoms with Gasteiger partial charge in [0.2, 0.25) is 17.7 Å². The van der Waals surface area contributed by atoms with Gasteiger partial charge in [-0.3, -0.25) is 14.6 Å². The van der Waals surface area contributed by atoms with E-state index in [0.29, 0.717) is 28.8 Å². The molecule has 10 heteroatoms. The molecule has 7 nitrogen and oxygen atoms in total. The molecule has 37 heavy (non-hydrogen) atoms. The van der Waals surface area contributed by atoms with Crippen LogP contribution in [0.15, 0.2) is 73.1 Å². The number of pyridine rings is 1. The zero-order valence-electron chi connectivity index (χ0n) is 19.7. The minimum Gasteiger partial charge on any atom is -0.477 e. The number of carbonyl (C=O) groups is 2. The molecule has 2 aromatic heterocycles. The summed E-state index contributed by atoms with van der Waals surface area (Å²) in [5.41, 5.74) is 8.09. The number of nitrogens with two attached hydrogens (primary N) is 1. The number of halogens is 2. The molecule has 0 saturated heterocycles. The molecule has 190 valence electrons. The highest BCUT2D eigenvalue weighted by Gasteiger charge is 2.20. The van der Waals surface area contributed by atoms with Crippen LogP contribution in [0.25, 0.3) is 21.0 Å². The Bertz CT molecular complexity index is 1370. The largest absolute Gasteiger partial charge is 0.477 e. The van der Waals surface area contributed by atoms with Gasteiger partial charge in [0, 0.05) is 30.8 Å². The first-order valence-electron chi connectivity index (χ1n) is 11.5. The van der Waals surface area contributed by atoms with Gasteiger partial charge in [-0.15, -0.1) is 11.3 Å². The van der Waals surface area contributed by atoms with E-state index in [1.54, 1.807) is 24.5 Å². The number of nitrogens with zero attached hydrogens (tertiary/aromatic N) is 2. The number of nitrogens with one attached hydrogen (secondary N) is 1. The number of rotatable bonds is 11. The molecule has 0 aliphatic heterocycles. The first kappa shape index (κ1) is 26.6. The molecule has 0 fully saturated rings. The average molecular weight is 555 g/mol. The van der Waals surface area contributed by atoms with Crippen LogP contribution in [0.2, 0.25) is 10.0 Å². The third-order valence-electron chi connectivity index (χ3n) is 5.43. The lowest BCUT2D eigenvalue weighted by atomic mass is 10.1. The molecule has 0 unspecified atom stereocenters. The van der Waals surface area contributed by atoms with Gasteiger partial charge in [-0.05, 0) is 41.8 Å². The lowest BCUT2D eigenvalue weighted by Gasteiger charge is -2.15. The maximum Gasteiger partial charge on any atom is 0.240 e. The fourth-order valence-electron chi connectivity index (χ4n) is 3.58. The molecule has 2 amide bonds. The lowest BCUT2D eigenvalue weighted by Crippen LogP contribution is -2.45. The number of amides is 2. The number of aromatic nitrogens is 2. The minimum atomic E-state index is -0.780. The van der Waals surface area contributed by atoms with Crippen molar-refractivity contribution in [1.29, 1.82) is 0 Å². The van der Waals surface area contributed by atoms with Crippen molar-refractivity contribution < 1.29 is 14.3 Å². The van der Waals surface area contributed by atoms with E-state index in [1.165, 1.54) is 11.3 Å². The van der Waals surface area contributed by atoms with Gasteiger partial charge in [0.1, 0.15) is 11.0 Å². The van der Waals surface area contributed by atoms with Crippen molar-refractivity contribution in [2.24, 2.45) is 5.73 Å². The molecule has 0 spiro atoms. The molecule has 4 aromatic rings. The van der Waals surface area contributed by atoms with Crippen LogP contribution in [0.3, 0.4) is 0 Å². The quantitative estimate of drug-likeness (QED) is 0.236. The number of hydrogen-bond acceptors (Lipinski definition) is 6. The summed E-state index contributed by atoms with van der Waals surface area (Å²) in [6, 6.07) is 17.7. The van der Waals surface area contributed by atoms with Gasteiger partial charge in [0.05, 0.1) is 21.5 Å². The molecule has 0 radical (unpaired) electrons. The van der Waals surface area contributed by atoms with E-state index in [-0.39, 0.29) is 18.9 Å². The van der Waals surface area contributed by atoms with Crippen molar-refractivity contribution in [3.63, 3.8) is 0 Å². The number of benzene rings is 2. The molecule has 2 heterocycles. The number of hydrogen-bond donors (Lipinski definition) is 2. The Balaban J connectivity index is 1.40. The minimum absolute atomic E-state index is 0.167. The Hall–Kier alpha value is -3.46. The van der Waals surface area contributed by atoms with Crippen LogP contribution in [0.4, 0.5) is 0 Å². The van der Waals surface area contributed by atoms with Gasteiger partial charge in [-0.1, -0.05) is 59.6 Å². The highest BCUT2D eigenvalue weighted by atomic mass is 35.5. The third-order valence-corrected chi connectivity index (χ3v) is 7.31. The highest BCUT2D eigenvalue weighted by Crippen LogP contribution is 2.41. The summed E-state index contributed by atoms with van der Waals surface area (Å²) in [6.07, 6.45) is 4.35. The summed E-state index contributed by atoms with van der Waals surface area (Å²) in [7, 11) is 0. The van der Waals surface area contributed by atoms with Crippen LogP contribution in [0, 0.1) is 0 Å². The maximum absolute atomic E-state index is 12.5. The Kier molecular flexibility index (Phi) is 9.11. The predicted octanol–water partition coefficient (Wildman–Crippen LogP) is 5.55. The molecule has 0 bridgehead atoms. The molecule has 3 N–H and O–H groups in total. The molecule has 0 aliphatic rings. The molecule has 0 aliphatic carbocycles. The topological polar surface area (TPSA) is 107 Å². The number of primary amides is 1. The lowest BCUT2D eigenvalue weighted by molar-refractivity contribution is -0.127. The van der Waals surface area contributed by atoms with Crippen molar-refractivity contribution in [3.8, 4) is 26.9 Å². The van der Waals surface area contributed by atoms with Gasteiger partial charge < -0.3 is 15.8 Å². The Labute approximate surface area is 228 Å². The van der Waals surface area contributed by atoms with Gasteiger partial charge in [-0.2, -0.15) is 0 Å². The van der Waals surface area contributed by atoms with Crippen LogP contribution in [0.1, 0.15) is 18.4 Å². The molecular weight excluding hydrogens is 531 g/mol. The first-order chi connectivity index (χ1) is 17.9. The summed E-state index contributed by atoms with van der Waals surface area (Å²) in [4.78, 5) is 33.9. The third kappa shape index (κ3) is 7.29. The van der Waals surface area contributed by atoms with Gasteiger partial charge in [0.25, 0.3) is 0 Å². The van der Waals surface area contributed by atoms with Crippen LogP contribution >= 0.6 is 34.5 Å². The monoisotopic (exact) mass is 554 g/mol. The first-order valence-corrected chi connectivity index (χ1v) is 13.1. The van der Waals surface area contributed by atoms with Crippen molar-refractivity contribution in [1.82, 2.24) is 15.3 Å². The van der Waals surface area contributed by atoms with Gasteiger partial charge in [0.15, 0.2) is 0 Å². The SMILES string of the molecule is NC(=O)[C@H](Cc1ccccc1)NC(=O)CCCOc1nc(-c2cccnc2)sc1-c1ccc(Cl)c(Cl)c1. The number of ether oxygens (including phenoxy) is 1. The summed E-state index contributed by atoms with van der Waals surface area (Å²) in [5.74, 6) is -0.422. The van der Waals surface area contributed by atoms with E-state index < -0.39 is 11.9 Å². The summed E-state index contributed by atoms with van der Waals surface area (Å²) < 4.78 is 5.99. The van der Waals surface area contributed by atoms with Crippen LogP contribution < -0.4 is 15.8 Å². The smallest absolute Gasteiger partial charge is 0.240 e. The summed E-state index contributed by atoms with van der Waals surface area (Å²) >= 11 is 13.8. The zero-order chi connectivity index (χ0) is 26.2. The molecule has 2 aromatic carbocycles. The van der Waals surface area contributed by atoms with Gasteiger partial charge >= 0.3 is 0 Å². The molecule has 0 saturated carbocycles. The standard InChI is InChI=1S/C27H24Cl2N4O3S/c28-20-11-10-18(15-21(20)29)24-26(33-27(37-24)19-8-4-12-31-16-19)36-13-5-9-23(34)32-22(25(30)35)14-17-6-2-1-3-7-17/h1-4,6-8,10-12,15-16,22H,5,9,13-14H2,(H2,30,35)(H,32,34)/t22-/m0/s1. The van der Waals surface area contributed by atoms with E-state index in [2.05, 4.69) is 15.3 Å². The van der Waals surface area contributed by atoms with E-state index >= 15 is 0 Å². The average Bonchev–Trinajstić information content (AvgIpc) is 3.33. The van der Waals surface area contributed by atoms with Crippen molar-refractivity contribution in [3.05, 3.63) is 88.7 Å². The van der Waals surface area contributed by atoms with Crippen molar-refractivity contribution >= 4 is 46.4 Å². The van der Waals surface area contributed by atoms with Crippen LogP contribution in [-0.2, 0) is 16.0 Å². The second-order valence-corrected chi connectivity index (χ2v) is 10.0. The highest BCUT2D eigenvalue weighted by molar-refractivity contribution is 7.18.